The zero-order valence-electron chi connectivity index (χ0n) is 16.0. The van der Waals surface area contributed by atoms with Crippen LogP contribution in [0.3, 0.4) is 0 Å². The number of aryl methyl sites for hydroxylation is 1. The minimum Gasteiger partial charge on any atom is -0.325 e. The van der Waals surface area contributed by atoms with Crippen molar-refractivity contribution in [2.45, 2.75) is 19.8 Å². The summed E-state index contributed by atoms with van der Waals surface area (Å²) in [5.74, 6) is 0.458. The fourth-order valence-corrected chi connectivity index (χ4v) is 3.08. The number of para-hydroxylation sites is 2. The Morgan fingerprint density at radius 1 is 0.931 bits per heavy atom. The van der Waals surface area contributed by atoms with Crippen molar-refractivity contribution in [2.75, 3.05) is 5.32 Å². The number of benzene rings is 2. The summed E-state index contributed by atoms with van der Waals surface area (Å²) in [7, 11) is 0. The van der Waals surface area contributed by atoms with Gasteiger partial charge in [0.05, 0.1) is 22.9 Å². The number of carbonyl (C=O) groups excluding carboxylic acids is 2. The maximum absolute atomic E-state index is 12.2. The number of carbonyl (C=O) groups is 2. The van der Waals surface area contributed by atoms with Crippen molar-refractivity contribution >= 4 is 28.4 Å². The van der Waals surface area contributed by atoms with Gasteiger partial charge in [-0.15, -0.1) is 0 Å². The van der Waals surface area contributed by atoms with E-state index in [0.29, 0.717) is 17.1 Å². The molecule has 2 heterocycles. The van der Waals surface area contributed by atoms with E-state index in [1.807, 2.05) is 54.0 Å². The van der Waals surface area contributed by atoms with Gasteiger partial charge in [0.1, 0.15) is 12.1 Å². The van der Waals surface area contributed by atoms with Crippen LogP contribution in [-0.4, -0.2) is 26.2 Å². The van der Waals surface area contributed by atoms with Gasteiger partial charge in [0.2, 0.25) is 5.91 Å². The molecule has 2 aromatic carbocycles. The van der Waals surface area contributed by atoms with Gasteiger partial charge in [-0.25, -0.2) is 9.97 Å². The van der Waals surface area contributed by atoms with Crippen molar-refractivity contribution in [2.24, 2.45) is 0 Å². The van der Waals surface area contributed by atoms with E-state index in [4.69, 9.17) is 0 Å². The largest absolute Gasteiger partial charge is 0.325 e. The van der Waals surface area contributed by atoms with Crippen molar-refractivity contribution in [3.8, 4) is 5.82 Å². The molecule has 0 fully saturated rings. The van der Waals surface area contributed by atoms with E-state index in [0.717, 1.165) is 16.6 Å². The average molecular weight is 384 g/mol. The first kappa shape index (κ1) is 18.6. The molecule has 0 radical (unpaired) electrons. The van der Waals surface area contributed by atoms with Crippen LogP contribution in [0.15, 0.2) is 73.2 Å². The van der Waals surface area contributed by atoms with Crippen molar-refractivity contribution in [3.05, 3.63) is 84.3 Å². The molecule has 1 N–H and O–H groups in total. The minimum absolute atomic E-state index is 0.0411. The number of pyridine rings is 1. The Kier molecular flexibility index (Phi) is 5.16. The number of rotatable bonds is 6. The molecule has 0 unspecified atom stereocenters. The lowest BCUT2D eigenvalue weighted by molar-refractivity contribution is -0.116. The molecule has 0 saturated heterocycles. The van der Waals surface area contributed by atoms with Gasteiger partial charge in [-0.05, 0) is 31.2 Å². The summed E-state index contributed by atoms with van der Waals surface area (Å²) >= 11 is 0. The van der Waals surface area contributed by atoms with Crippen molar-refractivity contribution < 1.29 is 9.59 Å². The lowest BCUT2D eigenvalue weighted by Crippen LogP contribution is -2.13. The van der Waals surface area contributed by atoms with Crippen LogP contribution in [0.5, 0.6) is 0 Å². The maximum atomic E-state index is 12.2. The summed E-state index contributed by atoms with van der Waals surface area (Å²) in [5.41, 5.74) is 4.17. The molecule has 144 valence electrons. The lowest BCUT2D eigenvalue weighted by Gasteiger charge is -2.07. The van der Waals surface area contributed by atoms with Gasteiger partial charge >= 0.3 is 0 Å². The van der Waals surface area contributed by atoms with Crippen LogP contribution in [0.1, 0.15) is 28.8 Å². The number of amides is 1. The molecule has 0 aliphatic rings. The number of hydrogen-bond acceptors (Lipinski definition) is 4. The molecule has 0 saturated carbocycles. The second kappa shape index (κ2) is 8.06. The third-order valence-electron chi connectivity index (χ3n) is 4.68. The summed E-state index contributed by atoms with van der Waals surface area (Å²) in [6.45, 7) is 1.97. The van der Waals surface area contributed by atoms with Gasteiger partial charge in [0.25, 0.3) is 0 Å². The van der Waals surface area contributed by atoms with Crippen LogP contribution in [0.4, 0.5) is 5.69 Å². The highest BCUT2D eigenvalue weighted by Crippen LogP contribution is 2.18. The number of nitrogens with one attached hydrogen (secondary N) is 1. The molecule has 0 spiro atoms. The smallest absolute Gasteiger partial charge is 0.224 e. The Balaban J connectivity index is 1.36. The molecule has 6 nitrogen and oxygen atoms in total. The van der Waals surface area contributed by atoms with Crippen LogP contribution >= 0.6 is 0 Å². The second-order valence-corrected chi connectivity index (χ2v) is 6.85. The standard InChI is InChI=1S/C23H20N4O2/c1-16-6-8-17(9-7-16)21(28)11-13-23(29)26-18-10-12-22(24-14-18)27-15-25-19-4-2-3-5-20(19)27/h2-10,12,14-15H,11,13H2,1H3,(H,26,29). The van der Waals surface area contributed by atoms with E-state index in [1.165, 1.54) is 0 Å². The summed E-state index contributed by atoms with van der Waals surface area (Å²) in [5, 5.41) is 2.79. The molecule has 4 aromatic rings. The summed E-state index contributed by atoms with van der Waals surface area (Å²) in [6, 6.07) is 18.8. The lowest BCUT2D eigenvalue weighted by atomic mass is 10.0. The zero-order valence-corrected chi connectivity index (χ0v) is 16.0. The van der Waals surface area contributed by atoms with Crippen LogP contribution in [0.25, 0.3) is 16.9 Å². The van der Waals surface area contributed by atoms with Crippen LogP contribution in [0, 0.1) is 6.92 Å². The minimum atomic E-state index is -0.215. The number of imidazole rings is 1. The number of ketones is 1. The average Bonchev–Trinajstić information content (AvgIpc) is 3.17. The Labute approximate surface area is 168 Å². The Morgan fingerprint density at radius 3 is 2.48 bits per heavy atom. The zero-order chi connectivity index (χ0) is 20.2. The number of fused-ring (bicyclic) bond motifs is 1. The summed E-state index contributed by atoms with van der Waals surface area (Å²) in [4.78, 5) is 33.2. The molecule has 6 heteroatoms. The third-order valence-corrected chi connectivity index (χ3v) is 4.68. The monoisotopic (exact) mass is 384 g/mol. The van der Waals surface area contributed by atoms with E-state index in [1.54, 1.807) is 30.7 Å². The first-order valence-electron chi connectivity index (χ1n) is 9.38. The fourth-order valence-electron chi connectivity index (χ4n) is 3.08. The van der Waals surface area contributed by atoms with E-state index in [2.05, 4.69) is 15.3 Å². The molecule has 0 atom stereocenters. The molecule has 2 aromatic heterocycles. The predicted octanol–water partition coefficient (Wildman–Crippen LogP) is 4.33. The highest BCUT2D eigenvalue weighted by molar-refractivity contribution is 6.00. The van der Waals surface area contributed by atoms with Gasteiger partial charge in [0, 0.05) is 18.4 Å². The second-order valence-electron chi connectivity index (χ2n) is 6.85. The Hall–Kier alpha value is -3.80. The molecule has 0 aliphatic carbocycles. The fraction of sp³-hybridized carbons (Fsp3) is 0.130. The highest BCUT2D eigenvalue weighted by Gasteiger charge is 2.10. The SMILES string of the molecule is Cc1ccc(C(=O)CCC(=O)Nc2ccc(-n3cnc4ccccc43)nc2)cc1. The number of hydrogen-bond donors (Lipinski definition) is 1. The molecule has 0 bridgehead atoms. The molecular formula is C23H20N4O2. The number of Topliss-reactive ketones (excluding diaryl/α,β-unsaturated/α-hetero) is 1. The maximum Gasteiger partial charge on any atom is 0.224 e. The first-order chi connectivity index (χ1) is 14.1. The van der Waals surface area contributed by atoms with Gasteiger partial charge < -0.3 is 5.32 Å². The van der Waals surface area contributed by atoms with E-state index in [-0.39, 0.29) is 24.5 Å². The summed E-state index contributed by atoms with van der Waals surface area (Å²) < 4.78 is 1.89. The highest BCUT2D eigenvalue weighted by atomic mass is 16.2. The van der Waals surface area contributed by atoms with Crippen molar-refractivity contribution in [3.63, 3.8) is 0 Å². The quantitative estimate of drug-likeness (QED) is 0.502. The van der Waals surface area contributed by atoms with Gasteiger partial charge in [-0.2, -0.15) is 0 Å². The Bertz CT molecular complexity index is 1160. The number of nitrogens with zero attached hydrogens (tertiary/aromatic N) is 3. The van der Waals surface area contributed by atoms with E-state index >= 15 is 0 Å². The number of anilines is 1. The Morgan fingerprint density at radius 2 is 1.72 bits per heavy atom. The van der Waals surface area contributed by atoms with Gasteiger partial charge in [-0.3, -0.25) is 14.2 Å². The predicted molar refractivity (Wildman–Crippen MR) is 112 cm³/mol. The van der Waals surface area contributed by atoms with Crippen LogP contribution in [0.2, 0.25) is 0 Å². The van der Waals surface area contributed by atoms with E-state index in [9.17, 15) is 9.59 Å². The number of aromatic nitrogens is 3. The third kappa shape index (κ3) is 4.21. The molecule has 0 aliphatic heterocycles. The van der Waals surface area contributed by atoms with E-state index < -0.39 is 0 Å². The molecular weight excluding hydrogens is 364 g/mol. The summed E-state index contributed by atoms with van der Waals surface area (Å²) in [6.07, 6.45) is 3.62. The van der Waals surface area contributed by atoms with Crippen LogP contribution < -0.4 is 5.32 Å². The van der Waals surface area contributed by atoms with Gasteiger partial charge in [-0.1, -0.05) is 42.0 Å². The molecule has 4 rings (SSSR count). The molecule has 1 amide bonds. The van der Waals surface area contributed by atoms with Gasteiger partial charge in [0.15, 0.2) is 5.78 Å². The first-order valence-corrected chi connectivity index (χ1v) is 9.38. The van der Waals surface area contributed by atoms with Crippen molar-refractivity contribution in [1.82, 2.24) is 14.5 Å². The normalized spacial score (nSPS) is 10.8. The topological polar surface area (TPSA) is 76.9 Å². The van der Waals surface area contributed by atoms with Crippen molar-refractivity contribution in [1.29, 1.82) is 0 Å². The molecule has 29 heavy (non-hydrogen) atoms. The van der Waals surface area contributed by atoms with Crippen LogP contribution in [-0.2, 0) is 4.79 Å².